The first kappa shape index (κ1) is 16.0. The van der Waals surface area contributed by atoms with Gasteiger partial charge in [0.15, 0.2) is 0 Å². The fourth-order valence-electron chi connectivity index (χ4n) is 4.22. The van der Waals surface area contributed by atoms with Crippen LogP contribution >= 0.6 is 0 Å². The van der Waals surface area contributed by atoms with Crippen LogP contribution in [0.25, 0.3) is 0 Å². The molecule has 2 aliphatic rings. The molecule has 1 saturated carbocycles. The van der Waals surface area contributed by atoms with Crippen LogP contribution in [0.15, 0.2) is 30.3 Å². The summed E-state index contributed by atoms with van der Waals surface area (Å²) in [6.45, 7) is 8.48. The second-order valence-corrected chi connectivity index (χ2v) is 7.58. The summed E-state index contributed by atoms with van der Waals surface area (Å²) < 4.78 is 0. The Morgan fingerprint density at radius 3 is 2.45 bits per heavy atom. The molecule has 3 rings (SSSR count). The molecule has 0 amide bonds. The molecule has 0 bridgehead atoms. The average molecular weight is 300 g/mol. The molecule has 2 nitrogen and oxygen atoms in total. The van der Waals surface area contributed by atoms with Crippen molar-refractivity contribution in [3.63, 3.8) is 0 Å². The van der Waals surface area contributed by atoms with Crippen molar-refractivity contribution < 1.29 is 0 Å². The number of likely N-dealkylation sites (tertiary alicyclic amines) is 1. The fourth-order valence-corrected chi connectivity index (χ4v) is 4.22. The molecule has 3 unspecified atom stereocenters. The van der Waals surface area contributed by atoms with E-state index in [-0.39, 0.29) is 0 Å². The predicted molar refractivity (Wildman–Crippen MR) is 93.8 cm³/mol. The van der Waals surface area contributed by atoms with Gasteiger partial charge < -0.3 is 5.32 Å². The minimum atomic E-state index is 0.741. The number of piperidine rings is 1. The highest BCUT2D eigenvalue weighted by Gasteiger charge is 2.29. The van der Waals surface area contributed by atoms with Gasteiger partial charge in [-0.1, -0.05) is 57.0 Å². The minimum Gasteiger partial charge on any atom is -0.311 e. The first-order valence-electron chi connectivity index (χ1n) is 9.24. The van der Waals surface area contributed by atoms with Gasteiger partial charge in [0.2, 0.25) is 0 Å². The van der Waals surface area contributed by atoms with Crippen LogP contribution < -0.4 is 5.32 Å². The van der Waals surface area contributed by atoms with Gasteiger partial charge in [-0.05, 0) is 49.8 Å². The molecular weight excluding hydrogens is 268 g/mol. The normalized spacial score (nSPS) is 31.3. The molecular formula is C20H32N2. The molecule has 0 aromatic heterocycles. The minimum absolute atomic E-state index is 0.741. The van der Waals surface area contributed by atoms with Crippen molar-refractivity contribution in [2.24, 2.45) is 11.8 Å². The molecule has 2 fully saturated rings. The summed E-state index contributed by atoms with van der Waals surface area (Å²) >= 11 is 0. The van der Waals surface area contributed by atoms with Crippen molar-refractivity contribution in [3.8, 4) is 0 Å². The third-order valence-electron chi connectivity index (χ3n) is 5.99. The highest BCUT2D eigenvalue weighted by atomic mass is 15.1. The lowest BCUT2D eigenvalue weighted by Crippen LogP contribution is -2.49. The van der Waals surface area contributed by atoms with E-state index in [1.165, 1.54) is 50.8 Å². The van der Waals surface area contributed by atoms with Crippen LogP contribution in [0.4, 0.5) is 0 Å². The number of nitrogens with one attached hydrogen (secondary N) is 1. The smallest absolute Gasteiger partial charge is 0.0233 e. The predicted octanol–water partition coefficient (Wildman–Crippen LogP) is 4.07. The summed E-state index contributed by atoms with van der Waals surface area (Å²) in [5, 5.41) is 4.00. The molecule has 22 heavy (non-hydrogen) atoms. The van der Waals surface area contributed by atoms with Crippen molar-refractivity contribution in [1.82, 2.24) is 10.2 Å². The van der Waals surface area contributed by atoms with Gasteiger partial charge in [0.05, 0.1) is 0 Å². The molecule has 0 spiro atoms. The first-order valence-corrected chi connectivity index (χ1v) is 9.24. The van der Waals surface area contributed by atoms with Gasteiger partial charge in [-0.15, -0.1) is 0 Å². The van der Waals surface area contributed by atoms with Crippen LogP contribution in [0.3, 0.4) is 0 Å². The maximum absolute atomic E-state index is 4.00. The molecule has 0 radical (unpaired) electrons. The Bertz CT molecular complexity index is 436. The Balaban J connectivity index is 1.44. The monoisotopic (exact) mass is 300 g/mol. The number of nitrogens with zero attached hydrogens (tertiary/aromatic N) is 1. The largest absolute Gasteiger partial charge is 0.311 e. The summed E-state index contributed by atoms with van der Waals surface area (Å²) in [7, 11) is 0. The second-order valence-electron chi connectivity index (χ2n) is 7.58. The van der Waals surface area contributed by atoms with Gasteiger partial charge in [0.25, 0.3) is 0 Å². The van der Waals surface area contributed by atoms with Crippen molar-refractivity contribution in [2.75, 3.05) is 13.1 Å². The Morgan fingerprint density at radius 1 is 1.00 bits per heavy atom. The van der Waals surface area contributed by atoms with Gasteiger partial charge in [-0.3, -0.25) is 4.90 Å². The van der Waals surface area contributed by atoms with Gasteiger partial charge in [-0.2, -0.15) is 0 Å². The van der Waals surface area contributed by atoms with Crippen molar-refractivity contribution in [2.45, 2.75) is 64.6 Å². The zero-order chi connectivity index (χ0) is 15.4. The van der Waals surface area contributed by atoms with Crippen LogP contribution in [-0.4, -0.2) is 30.1 Å². The van der Waals surface area contributed by atoms with E-state index in [9.17, 15) is 0 Å². The molecule has 2 heteroatoms. The summed E-state index contributed by atoms with van der Waals surface area (Å²) in [4.78, 5) is 2.61. The summed E-state index contributed by atoms with van der Waals surface area (Å²) in [5.41, 5.74) is 1.45. The third-order valence-corrected chi connectivity index (χ3v) is 5.99. The van der Waals surface area contributed by atoms with Crippen LogP contribution in [0, 0.1) is 11.8 Å². The summed E-state index contributed by atoms with van der Waals surface area (Å²) in [5.74, 6) is 1.74. The number of benzene rings is 1. The van der Waals surface area contributed by atoms with Crippen molar-refractivity contribution in [3.05, 3.63) is 35.9 Å². The molecule has 1 aromatic rings. The number of hydrogen-bond acceptors (Lipinski definition) is 2. The zero-order valence-corrected chi connectivity index (χ0v) is 14.3. The fraction of sp³-hybridized carbons (Fsp3) is 0.700. The van der Waals surface area contributed by atoms with Crippen LogP contribution in [0.5, 0.6) is 0 Å². The SMILES string of the molecule is CC1CCCC(NC2CCN(Cc3ccccc3)CC2)C1C. The standard InChI is InChI=1S/C20H32N2/c1-16-7-6-10-20(17(16)2)21-19-11-13-22(14-12-19)15-18-8-4-3-5-9-18/h3-5,8-9,16-17,19-21H,6-7,10-15H2,1-2H3. The summed E-state index contributed by atoms with van der Waals surface area (Å²) in [6, 6.07) is 12.4. The molecule has 3 atom stereocenters. The Labute approximate surface area is 136 Å². The third kappa shape index (κ3) is 4.11. The number of rotatable bonds is 4. The van der Waals surface area contributed by atoms with Crippen LogP contribution in [-0.2, 0) is 6.54 Å². The lowest BCUT2D eigenvalue weighted by Gasteiger charge is -2.40. The van der Waals surface area contributed by atoms with Gasteiger partial charge in [0.1, 0.15) is 0 Å². The van der Waals surface area contributed by atoms with Crippen LogP contribution in [0.2, 0.25) is 0 Å². The molecule has 1 aliphatic heterocycles. The lowest BCUT2D eigenvalue weighted by atomic mass is 9.77. The van der Waals surface area contributed by atoms with E-state index in [0.717, 1.165) is 30.5 Å². The van der Waals surface area contributed by atoms with E-state index in [1.807, 2.05) is 0 Å². The van der Waals surface area contributed by atoms with Crippen molar-refractivity contribution >= 4 is 0 Å². The van der Waals surface area contributed by atoms with Gasteiger partial charge in [0, 0.05) is 18.6 Å². The number of hydrogen-bond donors (Lipinski definition) is 1. The van der Waals surface area contributed by atoms with Gasteiger partial charge >= 0.3 is 0 Å². The molecule has 122 valence electrons. The molecule has 1 saturated heterocycles. The van der Waals surface area contributed by atoms with E-state index < -0.39 is 0 Å². The van der Waals surface area contributed by atoms with Crippen LogP contribution in [0.1, 0.15) is 51.5 Å². The van der Waals surface area contributed by atoms with Crippen molar-refractivity contribution in [1.29, 1.82) is 0 Å². The maximum atomic E-state index is 4.00. The van der Waals surface area contributed by atoms with E-state index >= 15 is 0 Å². The first-order chi connectivity index (χ1) is 10.7. The molecule has 1 aliphatic carbocycles. The summed E-state index contributed by atoms with van der Waals surface area (Å²) in [6.07, 6.45) is 6.84. The Morgan fingerprint density at radius 2 is 1.73 bits per heavy atom. The molecule has 1 aromatic carbocycles. The lowest BCUT2D eigenvalue weighted by molar-refractivity contribution is 0.148. The Hall–Kier alpha value is -0.860. The quantitative estimate of drug-likeness (QED) is 0.902. The van der Waals surface area contributed by atoms with E-state index in [4.69, 9.17) is 0 Å². The second kappa shape index (κ2) is 7.61. The highest BCUT2D eigenvalue weighted by molar-refractivity contribution is 5.14. The molecule has 1 heterocycles. The zero-order valence-electron chi connectivity index (χ0n) is 14.3. The van der Waals surface area contributed by atoms with Gasteiger partial charge in [-0.25, -0.2) is 0 Å². The topological polar surface area (TPSA) is 15.3 Å². The van der Waals surface area contributed by atoms with E-state index in [1.54, 1.807) is 0 Å². The van der Waals surface area contributed by atoms with E-state index in [2.05, 4.69) is 54.4 Å². The Kier molecular flexibility index (Phi) is 5.54. The maximum Gasteiger partial charge on any atom is 0.0233 e. The van der Waals surface area contributed by atoms with E-state index in [0.29, 0.717) is 0 Å². The average Bonchev–Trinajstić information content (AvgIpc) is 2.55. The highest BCUT2D eigenvalue weighted by Crippen LogP contribution is 2.30. The molecule has 1 N–H and O–H groups in total.